The van der Waals surface area contributed by atoms with Gasteiger partial charge in [-0.1, -0.05) is 20.8 Å². The van der Waals surface area contributed by atoms with Crippen molar-refractivity contribution in [2.24, 2.45) is 17.3 Å². The van der Waals surface area contributed by atoms with Gasteiger partial charge in [-0.25, -0.2) is 8.42 Å². The SMILES string of the molecule is CC(C)(C)C1CCC(CS(=O)(=O)C=[N+]=[N-])CC1. The van der Waals surface area contributed by atoms with Gasteiger partial charge in [-0.05, 0) is 42.9 Å². The first kappa shape index (κ1) is 14.4. The number of nitrogens with zero attached hydrogens (tertiary/aromatic N) is 2. The summed E-state index contributed by atoms with van der Waals surface area (Å²) < 4.78 is 22.9. The first-order valence-electron chi connectivity index (χ1n) is 6.15. The van der Waals surface area contributed by atoms with Crippen LogP contribution in [0.4, 0.5) is 0 Å². The third kappa shape index (κ3) is 4.60. The van der Waals surface area contributed by atoms with Gasteiger partial charge in [-0.3, -0.25) is 0 Å². The molecule has 1 aliphatic rings. The van der Waals surface area contributed by atoms with Gasteiger partial charge in [0.15, 0.2) is 0 Å². The van der Waals surface area contributed by atoms with Crippen LogP contribution in [-0.2, 0) is 9.84 Å². The van der Waals surface area contributed by atoms with Gasteiger partial charge in [-0.15, -0.1) is 0 Å². The van der Waals surface area contributed by atoms with Crippen molar-refractivity contribution < 1.29 is 13.2 Å². The lowest BCUT2D eigenvalue weighted by atomic mass is 9.70. The highest BCUT2D eigenvalue weighted by atomic mass is 32.2. The highest BCUT2D eigenvalue weighted by molar-refractivity contribution is 8.04. The zero-order chi connectivity index (χ0) is 13.1. The van der Waals surface area contributed by atoms with E-state index in [2.05, 4.69) is 25.6 Å². The molecule has 0 unspecified atom stereocenters. The van der Waals surface area contributed by atoms with Crippen molar-refractivity contribution in [3.63, 3.8) is 0 Å². The summed E-state index contributed by atoms with van der Waals surface area (Å²) in [6.07, 6.45) is 4.11. The van der Waals surface area contributed by atoms with Gasteiger partial charge in [0.2, 0.25) is 9.84 Å². The van der Waals surface area contributed by atoms with Crippen LogP contribution in [0.15, 0.2) is 0 Å². The molecule has 17 heavy (non-hydrogen) atoms. The first-order chi connectivity index (χ1) is 7.74. The molecule has 0 radical (unpaired) electrons. The average Bonchev–Trinajstić information content (AvgIpc) is 2.16. The molecular formula is C12H22N2O2S. The Morgan fingerprint density at radius 1 is 1.24 bits per heavy atom. The minimum Gasteiger partial charge on any atom is -0.361 e. The maximum atomic E-state index is 11.5. The molecule has 4 nitrogen and oxygen atoms in total. The lowest BCUT2D eigenvalue weighted by Crippen LogP contribution is -2.28. The van der Waals surface area contributed by atoms with E-state index in [1.165, 1.54) is 0 Å². The molecule has 0 N–H and O–H groups in total. The number of sulfone groups is 1. The summed E-state index contributed by atoms with van der Waals surface area (Å²) in [5.41, 5.74) is 9.24. The third-order valence-corrected chi connectivity index (χ3v) is 5.10. The molecule has 0 aromatic rings. The van der Waals surface area contributed by atoms with E-state index in [1.807, 2.05) is 0 Å². The van der Waals surface area contributed by atoms with E-state index in [1.54, 1.807) is 0 Å². The van der Waals surface area contributed by atoms with Crippen LogP contribution in [0.3, 0.4) is 0 Å². The fourth-order valence-corrected chi connectivity index (χ4v) is 3.86. The molecular weight excluding hydrogens is 236 g/mol. The summed E-state index contributed by atoms with van der Waals surface area (Å²) >= 11 is 0. The highest BCUT2D eigenvalue weighted by Crippen LogP contribution is 2.39. The Bertz CT molecular complexity index is 395. The normalized spacial score (nSPS) is 26.3. The van der Waals surface area contributed by atoms with E-state index in [9.17, 15) is 8.42 Å². The van der Waals surface area contributed by atoms with Gasteiger partial charge < -0.3 is 5.53 Å². The highest BCUT2D eigenvalue weighted by Gasteiger charge is 2.31. The summed E-state index contributed by atoms with van der Waals surface area (Å²) in [6, 6.07) is 0. The lowest BCUT2D eigenvalue weighted by Gasteiger charge is -2.36. The molecule has 0 atom stereocenters. The molecule has 98 valence electrons. The molecule has 1 fully saturated rings. The minimum absolute atomic E-state index is 0.119. The number of hydrogen-bond donors (Lipinski definition) is 0. The predicted octanol–water partition coefficient (Wildman–Crippen LogP) is 2.51. The molecule has 1 rings (SSSR count). The molecule has 0 amide bonds. The van der Waals surface area contributed by atoms with Crippen LogP contribution in [-0.4, -0.2) is 24.5 Å². The van der Waals surface area contributed by atoms with Crippen LogP contribution in [0.1, 0.15) is 46.5 Å². The van der Waals surface area contributed by atoms with E-state index >= 15 is 0 Å². The van der Waals surface area contributed by atoms with Gasteiger partial charge in [-0.2, -0.15) is 4.79 Å². The van der Waals surface area contributed by atoms with Crippen LogP contribution >= 0.6 is 0 Å². The molecule has 0 aliphatic heterocycles. The summed E-state index contributed by atoms with van der Waals surface area (Å²) in [5.74, 6) is 1.03. The van der Waals surface area contributed by atoms with Gasteiger partial charge in [0.05, 0.1) is 5.75 Å². The molecule has 5 heteroatoms. The monoisotopic (exact) mass is 258 g/mol. The summed E-state index contributed by atoms with van der Waals surface area (Å²) in [5, 5.41) is 0. The van der Waals surface area contributed by atoms with E-state index in [0.717, 1.165) is 25.7 Å². The van der Waals surface area contributed by atoms with Gasteiger partial charge in [0.25, 0.3) is 0 Å². The van der Waals surface area contributed by atoms with Crippen molar-refractivity contribution in [2.75, 3.05) is 5.75 Å². The fourth-order valence-electron chi connectivity index (χ4n) is 2.64. The Balaban J connectivity index is 2.51. The molecule has 0 saturated heterocycles. The zero-order valence-corrected chi connectivity index (χ0v) is 11.7. The quantitative estimate of drug-likeness (QED) is 0.338. The van der Waals surface area contributed by atoms with Crippen LogP contribution < -0.4 is 0 Å². The van der Waals surface area contributed by atoms with Crippen molar-refractivity contribution in [3.8, 4) is 0 Å². The van der Waals surface area contributed by atoms with E-state index < -0.39 is 9.84 Å². The topological polar surface area (TPSA) is 70.5 Å². The number of hydrogen-bond acceptors (Lipinski definition) is 2. The van der Waals surface area contributed by atoms with Crippen LogP contribution in [0.2, 0.25) is 0 Å². The van der Waals surface area contributed by atoms with Crippen molar-refractivity contribution in [2.45, 2.75) is 46.5 Å². The Morgan fingerprint density at radius 3 is 2.18 bits per heavy atom. The molecule has 0 bridgehead atoms. The second-order valence-corrected chi connectivity index (χ2v) is 8.00. The van der Waals surface area contributed by atoms with Crippen molar-refractivity contribution in [1.82, 2.24) is 0 Å². The van der Waals surface area contributed by atoms with Crippen molar-refractivity contribution in [1.29, 1.82) is 0 Å². The molecule has 0 aromatic heterocycles. The Hall–Kier alpha value is -0.670. The summed E-state index contributed by atoms with van der Waals surface area (Å²) in [4.78, 5) is 2.61. The molecule has 0 spiro atoms. The minimum atomic E-state index is -3.33. The molecule has 0 heterocycles. The molecule has 1 saturated carbocycles. The second kappa shape index (κ2) is 5.32. The van der Waals surface area contributed by atoms with Crippen LogP contribution in [0.5, 0.6) is 0 Å². The Kier molecular flexibility index (Phi) is 4.50. The van der Waals surface area contributed by atoms with Crippen LogP contribution in [0, 0.1) is 17.3 Å². The van der Waals surface area contributed by atoms with Gasteiger partial charge >= 0.3 is 5.55 Å². The largest absolute Gasteiger partial charge is 0.370 e. The standard InChI is InChI=1S/C12H22N2O2S/c1-12(2,3)11-6-4-10(5-7-11)8-17(15,16)9-14-13/h9-11H,4-8H2,1-3H3. The van der Waals surface area contributed by atoms with Crippen molar-refractivity contribution in [3.05, 3.63) is 5.53 Å². The maximum absolute atomic E-state index is 11.5. The second-order valence-electron chi connectivity index (χ2n) is 6.13. The van der Waals surface area contributed by atoms with E-state index in [-0.39, 0.29) is 11.7 Å². The maximum Gasteiger partial charge on any atom is 0.370 e. The van der Waals surface area contributed by atoms with Crippen LogP contribution in [0.25, 0.3) is 5.53 Å². The van der Waals surface area contributed by atoms with Gasteiger partial charge in [0.1, 0.15) is 0 Å². The molecule has 0 aromatic carbocycles. The zero-order valence-electron chi connectivity index (χ0n) is 10.9. The third-order valence-electron chi connectivity index (χ3n) is 3.75. The van der Waals surface area contributed by atoms with E-state index in [4.69, 9.17) is 5.53 Å². The molecule has 1 aliphatic carbocycles. The smallest absolute Gasteiger partial charge is 0.361 e. The summed E-state index contributed by atoms with van der Waals surface area (Å²) in [7, 11) is -3.33. The Labute approximate surface area is 104 Å². The average molecular weight is 258 g/mol. The predicted molar refractivity (Wildman–Crippen MR) is 68.4 cm³/mol. The van der Waals surface area contributed by atoms with E-state index in [0.29, 0.717) is 16.9 Å². The fraction of sp³-hybridized carbons (Fsp3) is 0.917. The lowest BCUT2D eigenvalue weighted by molar-refractivity contribution is 0.00749. The summed E-state index contributed by atoms with van der Waals surface area (Å²) in [6.45, 7) is 6.73. The number of rotatable bonds is 3. The van der Waals surface area contributed by atoms with Crippen molar-refractivity contribution >= 4 is 15.4 Å². The Morgan fingerprint density at radius 2 is 1.76 bits per heavy atom. The first-order valence-corrected chi connectivity index (χ1v) is 7.86. The van der Waals surface area contributed by atoms with Gasteiger partial charge in [0, 0.05) is 0 Å².